The maximum absolute atomic E-state index is 11.4. The molecule has 0 aromatic rings. The fourth-order valence-corrected chi connectivity index (χ4v) is 2.25. The summed E-state index contributed by atoms with van der Waals surface area (Å²) in [5.74, 6) is 0.131. The minimum absolute atomic E-state index is 0.0689. The van der Waals surface area contributed by atoms with Gasteiger partial charge >= 0.3 is 0 Å². The summed E-state index contributed by atoms with van der Waals surface area (Å²) >= 11 is 0. The number of rotatable bonds is 3. The standard InChI is InChI=1S/C10H16O2/c1-7(2)10(8(3)12)5-9(10,4)6-11/h11H,1,5-6H2,2-4H3. The second-order valence-corrected chi connectivity index (χ2v) is 4.14. The van der Waals surface area contributed by atoms with Gasteiger partial charge in [0.05, 0.1) is 5.41 Å². The summed E-state index contributed by atoms with van der Waals surface area (Å²) in [5.41, 5.74) is 0.207. The minimum atomic E-state index is -0.429. The summed E-state index contributed by atoms with van der Waals surface area (Å²) in [4.78, 5) is 11.4. The monoisotopic (exact) mass is 168 g/mol. The fourth-order valence-electron chi connectivity index (χ4n) is 2.25. The molecule has 0 amide bonds. The van der Waals surface area contributed by atoms with Crippen molar-refractivity contribution < 1.29 is 9.90 Å². The molecule has 2 nitrogen and oxygen atoms in total. The molecule has 0 aromatic carbocycles. The number of carbonyl (C=O) groups is 1. The molecule has 1 fully saturated rings. The van der Waals surface area contributed by atoms with Crippen molar-refractivity contribution in [1.29, 1.82) is 0 Å². The lowest BCUT2D eigenvalue weighted by Gasteiger charge is -2.18. The first-order chi connectivity index (χ1) is 5.40. The number of ketones is 1. The number of hydrogen-bond donors (Lipinski definition) is 1. The molecule has 2 atom stereocenters. The van der Waals surface area contributed by atoms with Crippen LogP contribution in [0.1, 0.15) is 27.2 Å². The molecule has 1 N–H and O–H groups in total. The van der Waals surface area contributed by atoms with Crippen LogP contribution in [0.4, 0.5) is 0 Å². The van der Waals surface area contributed by atoms with E-state index >= 15 is 0 Å². The van der Waals surface area contributed by atoms with Crippen LogP contribution < -0.4 is 0 Å². The van der Waals surface area contributed by atoms with Gasteiger partial charge in [-0.2, -0.15) is 0 Å². The van der Waals surface area contributed by atoms with E-state index in [1.54, 1.807) is 6.92 Å². The van der Waals surface area contributed by atoms with Crippen LogP contribution in [0.3, 0.4) is 0 Å². The first-order valence-electron chi connectivity index (χ1n) is 4.18. The molecule has 2 heteroatoms. The summed E-state index contributed by atoms with van der Waals surface area (Å²) in [6.45, 7) is 9.27. The van der Waals surface area contributed by atoms with E-state index < -0.39 is 5.41 Å². The van der Waals surface area contributed by atoms with Gasteiger partial charge in [0.2, 0.25) is 0 Å². The Labute approximate surface area is 73.3 Å². The van der Waals surface area contributed by atoms with Crippen LogP contribution in [0, 0.1) is 10.8 Å². The second kappa shape index (κ2) is 2.43. The van der Waals surface area contributed by atoms with Gasteiger partial charge in [-0.15, -0.1) is 0 Å². The van der Waals surface area contributed by atoms with Crippen molar-refractivity contribution in [1.82, 2.24) is 0 Å². The molecule has 0 radical (unpaired) electrons. The van der Waals surface area contributed by atoms with Crippen LogP contribution in [-0.4, -0.2) is 17.5 Å². The van der Waals surface area contributed by atoms with Crippen molar-refractivity contribution in [3.05, 3.63) is 12.2 Å². The van der Waals surface area contributed by atoms with Crippen molar-refractivity contribution in [2.45, 2.75) is 27.2 Å². The summed E-state index contributed by atoms with van der Waals surface area (Å²) < 4.78 is 0. The highest BCUT2D eigenvalue weighted by molar-refractivity contribution is 5.90. The minimum Gasteiger partial charge on any atom is -0.396 e. The molecule has 1 aliphatic carbocycles. The molecular formula is C10H16O2. The molecule has 0 aromatic heterocycles. The Bertz CT molecular complexity index is 228. The lowest BCUT2D eigenvalue weighted by Crippen LogP contribution is -2.23. The van der Waals surface area contributed by atoms with Gasteiger partial charge < -0.3 is 5.11 Å². The number of aliphatic hydroxyl groups excluding tert-OH is 1. The van der Waals surface area contributed by atoms with Crippen LogP contribution >= 0.6 is 0 Å². The molecule has 68 valence electrons. The Balaban J connectivity index is 2.97. The van der Waals surface area contributed by atoms with Crippen molar-refractivity contribution in [3.63, 3.8) is 0 Å². The molecule has 2 unspecified atom stereocenters. The van der Waals surface area contributed by atoms with Crippen LogP contribution in [0.5, 0.6) is 0 Å². The third-order valence-electron chi connectivity index (χ3n) is 3.24. The largest absolute Gasteiger partial charge is 0.396 e. The maximum Gasteiger partial charge on any atom is 0.140 e. The molecule has 0 aliphatic heterocycles. The number of carbonyl (C=O) groups excluding carboxylic acids is 1. The van der Waals surface area contributed by atoms with Gasteiger partial charge in [0.25, 0.3) is 0 Å². The molecule has 1 rings (SSSR count). The zero-order valence-electron chi connectivity index (χ0n) is 7.98. The van der Waals surface area contributed by atoms with Gasteiger partial charge in [0.1, 0.15) is 5.78 Å². The predicted molar refractivity (Wildman–Crippen MR) is 47.7 cm³/mol. The van der Waals surface area contributed by atoms with Gasteiger partial charge in [-0.3, -0.25) is 4.79 Å². The Morgan fingerprint density at radius 3 is 2.17 bits per heavy atom. The first-order valence-corrected chi connectivity index (χ1v) is 4.18. The van der Waals surface area contributed by atoms with Gasteiger partial charge in [0, 0.05) is 12.0 Å². The van der Waals surface area contributed by atoms with E-state index in [1.807, 2.05) is 13.8 Å². The third kappa shape index (κ3) is 0.876. The lowest BCUT2D eigenvalue weighted by atomic mass is 9.85. The number of Topliss-reactive ketones (excluding diaryl/α,β-unsaturated/α-hetero) is 1. The SMILES string of the molecule is C=C(C)C1(C(C)=O)CC1(C)CO. The summed E-state index contributed by atoms with van der Waals surface area (Å²) in [6, 6.07) is 0. The van der Waals surface area contributed by atoms with Crippen molar-refractivity contribution >= 4 is 5.78 Å². The highest BCUT2D eigenvalue weighted by Gasteiger charge is 2.67. The topological polar surface area (TPSA) is 37.3 Å². The highest BCUT2D eigenvalue weighted by atomic mass is 16.3. The number of allylic oxidation sites excluding steroid dienone is 1. The Morgan fingerprint density at radius 2 is 2.08 bits per heavy atom. The summed E-state index contributed by atoms with van der Waals surface area (Å²) in [7, 11) is 0. The van der Waals surface area contributed by atoms with Crippen molar-refractivity contribution in [2.24, 2.45) is 10.8 Å². The molecule has 0 saturated heterocycles. The van der Waals surface area contributed by atoms with Gasteiger partial charge in [-0.25, -0.2) is 0 Å². The highest BCUT2D eigenvalue weighted by Crippen LogP contribution is 2.67. The van der Waals surface area contributed by atoms with Crippen LogP contribution in [0.15, 0.2) is 12.2 Å². The predicted octanol–water partition coefficient (Wildman–Crippen LogP) is 1.54. The molecule has 0 heterocycles. The number of aliphatic hydroxyl groups is 1. The zero-order chi connectivity index (χ0) is 9.57. The molecule has 12 heavy (non-hydrogen) atoms. The van der Waals surface area contributed by atoms with Gasteiger partial charge in [-0.05, 0) is 20.3 Å². The molecule has 1 aliphatic rings. The van der Waals surface area contributed by atoms with E-state index in [-0.39, 0.29) is 17.8 Å². The molecule has 1 saturated carbocycles. The Morgan fingerprint density at radius 1 is 1.58 bits per heavy atom. The van der Waals surface area contributed by atoms with E-state index in [9.17, 15) is 4.79 Å². The Kier molecular flexibility index (Phi) is 1.91. The Hall–Kier alpha value is -0.630. The fraction of sp³-hybridized carbons (Fsp3) is 0.700. The van der Waals surface area contributed by atoms with Gasteiger partial charge in [-0.1, -0.05) is 19.1 Å². The van der Waals surface area contributed by atoms with E-state index in [1.165, 1.54) is 0 Å². The quantitative estimate of drug-likeness (QED) is 0.649. The van der Waals surface area contributed by atoms with Crippen LogP contribution in [0.2, 0.25) is 0 Å². The van der Waals surface area contributed by atoms with E-state index in [2.05, 4.69) is 6.58 Å². The molecule has 0 bridgehead atoms. The normalized spacial score (nSPS) is 39.3. The summed E-state index contributed by atoms with van der Waals surface area (Å²) in [6.07, 6.45) is 0.751. The third-order valence-corrected chi connectivity index (χ3v) is 3.24. The average Bonchev–Trinajstić information content (AvgIpc) is 2.59. The van der Waals surface area contributed by atoms with Crippen molar-refractivity contribution in [2.75, 3.05) is 6.61 Å². The van der Waals surface area contributed by atoms with Gasteiger partial charge in [0.15, 0.2) is 0 Å². The lowest BCUT2D eigenvalue weighted by molar-refractivity contribution is -0.122. The van der Waals surface area contributed by atoms with E-state index in [4.69, 9.17) is 5.11 Å². The van der Waals surface area contributed by atoms with E-state index in [0.29, 0.717) is 0 Å². The average molecular weight is 168 g/mol. The van der Waals surface area contributed by atoms with Crippen LogP contribution in [0.25, 0.3) is 0 Å². The van der Waals surface area contributed by atoms with E-state index in [0.717, 1.165) is 12.0 Å². The molecule has 0 spiro atoms. The van der Waals surface area contributed by atoms with Crippen LogP contribution in [-0.2, 0) is 4.79 Å². The summed E-state index contributed by atoms with van der Waals surface area (Å²) in [5, 5.41) is 9.11. The first kappa shape index (κ1) is 9.46. The zero-order valence-corrected chi connectivity index (χ0v) is 7.98. The number of hydrogen-bond acceptors (Lipinski definition) is 2. The van der Waals surface area contributed by atoms with Crippen molar-refractivity contribution in [3.8, 4) is 0 Å². The molecular weight excluding hydrogens is 152 g/mol. The smallest absolute Gasteiger partial charge is 0.140 e. The second-order valence-electron chi connectivity index (χ2n) is 4.14. The maximum atomic E-state index is 11.4.